The lowest BCUT2D eigenvalue weighted by Gasteiger charge is -2.33. The second-order valence-electron chi connectivity index (χ2n) is 9.64. The Hall–Kier alpha value is -4.05. The monoisotopic (exact) mass is 482 g/mol. The quantitative estimate of drug-likeness (QED) is 0.385. The third-order valence-electron chi connectivity index (χ3n) is 6.77. The van der Waals surface area contributed by atoms with Gasteiger partial charge in [-0.1, -0.05) is 0 Å². The van der Waals surface area contributed by atoms with Crippen LogP contribution in [0.5, 0.6) is 0 Å². The number of aryl methyl sites for hydroxylation is 1. The van der Waals surface area contributed by atoms with E-state index in [1.807, 2.05) is 49.8 Å². The Morgan fingerprint density at radius 1 is 0.944 bits per heavy atom. The number of piperazine rings is 1. The molecule has 0 aromatic carbocycles. The van der Waals surface area contributed by atoms with Crippen molar-refractivity contribution in [1.82, 2.24) is 39.4 Å². The average Bonchev–Trinajstić information content (AvgIpc) is 3.44. The van der Waals surface area contributed by atoms with Gasteiger partial charge in [0, 0.05) is 55.6 Å². The average molecular weight is 483 g/mol. The van der Waals surface area contributed by atoms with Crippen molar-refractivity contribution in [1.29, 1.82) is 0 Å². The number of anilines is 3. The summed E-state index contributed by atoms with van der Waals surface area (Å²) >= 11 is 0. The molecule has 184 valence electrons. The number of nitrogens with zero attached hydrogens (tertiary/aromatic N) is 8. The van der Waals surface area contributed by atoms with Gasteiger partial charge >= 0.3 is 0 Å². The van der Waals surface area contributed by atoms with Crippen molar-refractivity contribution in [2.24, 2.45) is 0 Å². The number of nitrogens with one attached hydrogen (secondary N) is 2. The van der Waals surface area contributed by atoms with Crippen LogP contribution >= 0.6 is 0 Å². The largest absolute Gasteiger partial charge is 0.354 e. The van der Waals surface area contributed by atoms with E-state index in [1.54, 1.807) is 0 Å². The lowest BCUT2D eigenvalue weighted by molar-refractivity contribution is 0.312. The summed E-state index contributed by atoms with van der Waals surface area (Å²) in [4.78, 5) is 31.4. The van der Waals surface area contributed by atoms with Gasteiger partial charge in [0.15, 0.2) is 5.65 Å². The molecule has 6 heterocycles. The predicted octanol–water partition coefficient (Wildman–Crippen LogP) is 4.15. The molecule has 2 N–H and O–H groups in total. The first kappa shape index (κ1) is 22.4. The van der Waals surface area contributed by atoms with Crippen LogP contribution in [-0.4, -0.2) is 72.6 Å². The van der Waals surface area contributed by atoms with Gasteiger partial charge in [-0.15, -0.1) is 0 Å². The van der Waals surface area contributed by atoms with Gasteiger partial charge in [0.05, 0.1) is 17.6 Å². The maximum atomic E-state index is 4.95. The minimum Gasteiger partial charge on any atom is -0.354 e. The van der Waals surface area contributed by atoms with E-state index in [0.29, 0.717) is 5.95 Å². The maximum Gasteiger partial charge on any atom is 0.229 e. The zero-order chi connectivity index (χ0) is 24.8. The fourth-order valence-electron chi connectivity index (χ4n) is 4.85. The number of hydrogen-bond donors (Lipinski definition) is 2. The second-order valence-corrected chi connectivity index (χ2v) is 9.64. The van der Waals surface area contributed by atoms with Gasteiger partial charge in [-0.3, -0.25) is 0 Å². The maximum absolute atomic E-state index is 4.95. The van der Waals surface area contributed by atoms with E-state index in [4.69, 9.17) is 4.98 Å². The molecule has 0 unspecified atom stereocenters. The highest BCUT2D eigenvalue weighted by Crippen LogP contribution is 2.29. The Morgan fingerprint density at radius 3 is 2.53 bits per heavy atom. The summed E-state index contributed by atoms with van der Waals surface area (Å²) in [5, 5.41) is 4.19. The molecule has 0 saturated carbocycles. The zero-order valence-corrected chi connectivity index (χ0v) is 21.0. The van der Waals surface area contributed by atoms with Crippen molar-refractivity contribution in [3.8, 4) is 11.3 Å². The predicted molar refractivity (Wildman–Crippen MR) is 143 cm³/mol. The number of fused-ring (bicyclic) bond motifs is 2. The number of aromatic amines is 1. The number of hydrogen-bond acceptors (Lipinski definition) is 8. The van der Waals surface area contributed by atoms with Gasteiger partial charge in [-0.05, 0) is 52.1 Å². The van der Waals surface area contributed by atoms with Gasteiger partial charge in [0.1, 0.15) is 22.8 Å². The Labute approximate surface area is 209 Å². The normalized spacial score (nSPS) is 14.9. The van der Waals surface area contributed by atoms with Crippen molar-refractivity contribution in [3.63, 3.8) is 0 Å². The van der Waals surface area contributed by atoms with E-state index in [2.05, 4.69) is 65.5 Å². The highest BCUT2D eigenvalue weighted by Gasteiger charge is 2.17. The van der Waals surface area contributed by atoms with Crippen LogP contribution in [0.15, 0.2) is 42.9 Å². The first-order valence-corrected chi connectivity index (χ1v) is 12.3. The van der Waals surface area contributed by atoms with Crippen molar-refractivity contribution in [2.45, 2.75) is 26.8 Å². The molecular formula is C26H30N10. The van der Waals surface area contributed by atoms with E-state index in [-0.39, 0.29) is 6.04 Å². The summed E-state index contributed by atoms with van der Waals surface area (Å²) in [5.74, 6) is 2.48. The Balaban J connectivity index is 1.24. The first-order valence-electron chi connectivity index (χ1n) is 12.3. The molecule has 1 aliphatic heterocycles. The fraction of sp³-hybridized carbons (Fsp3) is 0.346. The number of aromatic nitrogens is 7. The second kappa shape index (κ2) is 8.87. The van der Waals surface area contributed by atoms with Crippen LogP contribution in [0.1, 0.15) is 25.7 Å². The highest BCUT2D eigenvalue weighted by molar-refractivity contribution is 5.93. The minimum absolute atomic E-state index is 0.280. The summed E-state index contributed by atoms with van der Waals surface area (Å²) in [7, 11) is 2.15. The lowest BCUT2D eigenvalue weighted by Crippen LogP contribution is -2.44. The van der Waals surface area contributed by atoms with E-state index < -0.39 is 0 Å². The fourth-order valence-corrected chi connectivity index (χ4v) is 4.85. The number of rotatable bonds is 5. The molecule has 5 aromatic rings. The summed E-state index contributed by atoms with van der Waals surface area (Å²) in [6, 6.07) is 8.38. The topological polar surface area (TPSA) is 104 Å². The van der Waals surface area contributed by atoms with Crippen molar-refractivity contribution < 1.29 is 0 Å². The van der Waals surface area contributed by atoms with Crippen LogP contribution in [0.25, 0.3) is 33.5 Å². The molecule has 0 radical (unpaired) electrons. The van der Waals surface area contributed by atoms with E-state index in [9.17, 15) is 0 Å². The van der Waals surface area contributed by atoms with Crippen LogP contribution in [0.3, 0.4) is 0 Å². The highest BCUT2D eigenvalue weighted by atomic mass is 15.3. The smallest absolute Gasteiger partial charge is 0.229 e. The number of H-pyrrole nitrogens is 1. The molecule has 0 aliphatic carbocycles. The summed E-state index contributed by atoms with van der Waals surface area (Å²) in [6.07, 6.45) is 5.60. The molecule has 0 spiro atoms. The van der Waals surface area contributed by atoms with Crippen LogP contribution in [0.4, 0.5) is 17.5 Å². The van der Waals surface area contributed by atoms with Gasteiger partial charge < -0.3 is 24.7 Å². The summed E-state index contributed by atoms with van der Waals surface area (Å²) in [5.41, 5.74) is 5.22. The molecule has 36 heavy (non-hydrogen) atoms. The Morgan fingerprint density at radius 2 is 1.78 bits per heavy atom. The molecule has 0 amide bonds. The lowest BCUT2D eigenvalue weighted by atomic mass is 10.1. The number of imidazole rings is 1. The molecule has 1 fully saturated rings. The molecule has 10 heteroatoms. The molecule has 1 saturated heterocycles. The number of pyridine rings is 2. The molecular weight excluding hydrogens is 452 g/mol. The molecule has 0 bridgehead atoms. The zero-order valence-electron chi connectivity index (χ0n) is 21.0. The molecule has 6 rings (SSSR count). The molecule has 1 aliphatic rings. The van der Waals surface area contributed by atoms with E-state index in [1.165, 1.54) is 0 Å². The van der Waals surface area contributed by atoms with Crippen LogP contribution in [0.2, 0.25) is 0 Å². The van der Waals surface area contributed by atoms with Crippen molar-refractivity contribution >= 4 is 39.7 Å². The van der Waals surface area contributed by atoms with E-state index in [0.717, 1.165) is 77.0 Å². The van der Waals surface area contributed by atoms with E-state index >= 15 is 0 Å². The summed E-state index contributed by atoms with van der Waals surface area (Å²) < 4.78 is 2.16. The van der Waals surface area contributed by atoms with Gasteiger partial charge in [-0.25, -0.2) is 19.9 Å². The summed E-state index contributed by atoms with van der Waals surface area (Å²) in [6.45, 7) is 10.4. The van der Waals surface area contributed by atoms with Crippen LogP contribution < -0.4 is 10.2 Å². The Kier molecular flexibility index (Phi) is 5.52. The van der Waals surface area contributed by atoms with Gasteiger partial charge in [0.25, 0.3) is 0 Å². The Bertz CT molecular complexity index is 1520. The molecule has 5 aromatic heterocycles. The molecule has 10 nitrogen and oxygen atoms in total. The van der Waals surface area contributed by atoms with Gasteiger partial charge in [-0.2, -0.15) is 4.98 Å². The minimum atomic E-state index is 0.280. The van der Waals surface area contributed by atoms with Crippen LogP contribution in [0, 0.1) is 6.92 Å². The first-order chi connectivity index (χ1) is 17.5. The number of likely N-dealkylation sites (N-methyl/N-ethyl adjacent to an activating group) is 1. The van der Waals surface area contributed by atoms with Crippen molar-refractivity contribution in [2.75, 3.05) is 43.4 Å². The molecule has 0 atom stereocenters. The van der Waals surface area contributed by atoms with Crippen LogP contribution in [-0.2, 0) is 0 Å². The standard InChI is InChI=1S/C26H30N10/c1-16(2)36-17(3)30-22-7-6-21(32-25(22)36)19-14-28-24-20(19)15-29-26(33-24)31-18-5-8-23(27-13-18)35-11-9-34(4)10-12-35/h5-8,13-16H,9-12H2,1-4H3,(H2,28,29,31,33). The van der Waals surface area contributed by atoms with Gasteiger partial charge in [0.2, 0.25) is 5.95 Å². The SMILES string of the molecule is Cc1nc2ccc(-c3c[nH]c4nc(Nc5ccc(N6CCN(C)CC6)nc5)ncc34)nc2n1C(C)C. The third kappa shape index (κ3) is 4.03. The third-order valence-corrected chi connectivity index (χ3v) is 6.77. The van der Waals surface area contributed by atoms with Crippen molar-refractivity contribution in [3.05, 3.63) is 48.7 Å².